The molecule has 0 atom stereocenters. The molecule has 5 nitrogen and oxygen atoms in total. The first kappa shape index (κ1) is 22.8. The summed E-state index contributed by atoms with van der Waals surface area (Å²) in [4.78, 5) is 26.9. The number of carbonyl (C=O) groups excluding carboxylic acids is 2. The van der Waals surface area contributed by atoms with Crippen molar-refractivity contribution >= 4 is 51.7 Å². The number of hydrogen-bond acceptors (Lipinski definition) is 5. The maximum Gasteiger partial charge on any atom is 0.248 e. The SMILES string of the molecule is N#Cc1c(NC(=O)CSc2cccc(NC(=O)/C=C/c3ccccc3)c2)sc2c1CCCC2. The number of carbonyl (C=O) groups is 2. The van der Waals surface area contributed by atoms with Crippen molar-refractivity contribution in [2.75, 3.05) is 16.4 Å². The third-order valence-corrected chi connectivity index (χ3v) is 7.44. The summed E-state index contributed by atoms with van der Waals surface area (Å²) in [6.45, 7) is 0. The maximum absolute atomic E-state index is 12.5. The number of nitriles is 1. The van der Waals surface area contributed by atoms with Crippen molar-refractivity contribution in [2.45, 2.75) is 30.6 Å². The zero-order valence-electron chi connectivity index (χ0n) is 18.0. The van der Waals surface area contributed by atoms with Crippen LogP contribution in [0.25, 0.3) is 6.08 Å². The molecule has 0 spiro atoms. The van der Waals surface area contributed by atoms with Crippen LogP contribution in [0.2, 0.25) is 0 Å². The van der Waals surface area contributed by atoms with Crippen molar-refractivity contribution < 1.29 is 9.59 Å². The monoisotopic (exact) mass is 473 g/mol. The van der Waals surface area contributed by atoms with E-state index in [0.717, 1.165) is 41.7 Å². The minimum atomic E-state index is -0.218. The van der Waals surface area contributed by atoms with Gasteiger partial charge >= 0.3 is 0 Å². The Balaban J connectivity index is 1.32. The predicted octanol–water partition coefficient (Wildman–Crippen LogP) is 5.88. The first-order chi connectivity index (χ1) is 16.1. The molecular formula is C26H23N3O2S2. The van der Waals surface area contributed by atoms with E-state index >= 15 is 0 Å². The molecular weight excluding hydrogens is 450 g/mol. The molecule has 1 aromatic heterocycles. The summed E-state index contributed by atoms with van der Waals surface area (Å²) in [6, 6.07) is 19.3. The van der Waals surface area contributed by atoms with E-state index in [0.29, 0.717) is 16.3 Å². The van der Waals surface area contributed by atoms with Crippen LogP contribution < -0.4 is 10.6 Å². The Morgan fingerprint density at radius 2 is 1.88 bits per heavy atom. The van der Waals surface area contributed by atoms with Crippen LogP contribution in [0.3, 0.4) is 0 Å². The second kappa shape index (κ2) is 11.0. The Labute approximate surface area is 201 Å². The molecule has 2 aromatic carbocycles. The van der Waals surface area contributed by atoms with Gasteiger partial charge in [0.25, 0.3) is 0 Å². The van der Waals surface area contributed by atoms with Crippen LogP contribution in [0.5, 0.6) is 0 Å². The smallest absolute Gasteiger partial charge is 0.248 e. The number of nitrogens with one attached hydrogen (secondary N) is 2. The first-order valence-corrected chi connectivity index (χ1v) is 12.5. The molecule has 4 rings (SSSR count). The van der Waals surface area contributed by atoms with Crippen molar-refractivity contribution in [3.63, 3.8) is 0 Å². The lowest BCUT2D eigenvalue weighted by atomic mass is 9.96. The van der Waals surface area contributed by atoms with Crippen molar-refractivity contribution in [3.8, 4) is 6.07 Å². The quantitative estimate of drug-likeness (QED) is 0.332. The molecule has 2 N–H and O–H groups in total. The fourth-order valence-corrected chi connectivity index (χ4v) is 5.68. The molecule has 2 amide bonds. The lowest BCUT2D eigenvalue weighted by Crippen LogP contribution is -2.14. The summed E-state index contributed by atoms with van der Waals surface area (Å²) in [5.74, 6) is -0.140. The van der Waals surface area contributed by atoms with Crippen molar-refractivity contribution in [2.24, 2.45) is 0 Å². The summed E-state index contributed by atoms with van der Waals surface area (Å²) in [5.41, 5.74) is 3.36. The van der Waals surface area contributed by atoms with Gasteiger partial charge in [-0.25, -0.2) is 0 Å². The van der Waals surface area contributed by atoms with E-state index < -0.39 is 0 Å². The third kappa shape index (κ3) is 6.13. The summed E-state index contributed by atoms with van der Waals surface area (Å²) in [5, 5.41) is 16.0. The highest BCUT2D eigenvalue weighted by molar-refractivity contribution is 8.00. The molecule has 0 aliphatic heterocycles. The Morgan fingerprint density at radius 3 is 2.70 bits per heavy atom. The number of amides is 2. The van der Waals surface area contributed by atoms with Gasteiger partial charge in [0, 0.05) is 21.5 Å². The van der Waals surface area contributed by atoms with Crippen LogP contribution in [-0.2, 0) is 22.4 Å². The normalized spacial score (nSPS) is 12.7. The minimum Gasteiger partial charge on any atom is -0.322 e. The molecule has 0 fully saturated rings. The molecule has 1 heterocycles. The molecule has 0 unspecified atom stereocenters. The van der Waals surface area contributed by atoms with Gasteiger partial charge in [0.2, 0.25) is 11.8 Å². The van der Waals surface area contributed by atoms with Gasteiger partial charge in [-0.05, 0) is 61.1 Å². The molecule has 0 saturated heterocycles. The summed E-state index contributed by atoms with van der Waals surface area (Å²) < 4.78 is 0. The van der Waals surface area contributed by atoms with Crippen molar-refractivity contribution in [3.05, 3.63) is 82.2 Å². The van der Waals surface area contributed by atoms with E-state index in [4.69, 9.17) is 0 Å². The second-order valence-electron chi connectivity index (χ2n) is 7.62. The number of aryl methyl sites for hydroxylation is 1. The molecule has 33 heavy (non-hydrogen) atoms. The van der Waals surface area contributed by atoms with E-state index in [1.165, 1.54) is 34.1 Å². The topological polar surface area (TPSA) is 82.0 Å². The highest BCUT2D eigenvalue weighted by Crippen LogP contribution is 2.37. The van der Waals surface area contributed by atoms with Crippen LogP contribution in [0.1, 0.15) is 34.4 Å². The van der Waals surface area contributed by atoms with E-state index in [1.807, 2.05) is 54.6 Å². The average Bonchev–Trinajstić information content (AvgIpc) is 3.19. The number of anilines is 2. The summed E-state index contributed by atoms with van der Waals surface area (Å²) >= 11 is 2.92. The number of fused-ring (bicyclic) bond motifs is 1. The lowest BCUT2D eigenvalue weighted by molar-refractivity contribution is -0.114. The molecule has 1 aliphatic rings. The molecule has 0 bridgehead atoms. The second-order valence-corrected chi connectivity index (χ2v) is 9.78. The van der Waals surface area contributed by atoms with Gasteiger partial charge in [-0.2, -0.15) is 5.26 Å². The zero-order chi connectivity index (χ0) is 23.0. The molecule has 3 aromatic rings. The van der Waals surface area contributed by atoms with Crippen LogP contribution in [0.4, 0.5) is 10.7 Å². The largest absolute Gasteiger partial charge is 0.322 e. The number of rotatable bonds is 7. The predicted molar refractivity (Wildman–Crippen MR) is 136 cm³/mol. The Morgan fingerprint density at radius 1 is 1.06 bits per heavy atom. The van der Waals surface area contributed by atoms with Gasteiger partial charge in [-0.1, -0.05) is 36.4 Å². The molecule has 0 radical (unpaired) electrons. The minimum absolute atomic E-state index is 0.143. The fraction of sp³-hybridized carbons (Fsp3) is 0.192. The van der Waals surface area contributed by atoms with Crippen molar-refractivity contribution in [1.82, 2.24) is 0 Å². The Kier molecular flexibility index (Phi) is 7.61. The Bertz CT molecular complexity index is 1230. The van der Waals surface area contributed by atoms with E-state index in [9.17, 15) is 14.9 Å². The summed E-state index contributed by atoms with van der Waals surface area (Å²) in [7, 11) is 0. The van der Waals surface area contributed by atoms with E-state index in [-0.39, 0.29) is 17.6 Å². The van der Waals surface area contributed by atoms with Crippen LogP contribution in [0.15, 0.2) is 65.6 Å². The Hall–Kier alpha value is -3.34. The highest BCUT2D eigenvalue weighted by Gasteiger charge is 2.21. The first-order valence-electron chi connectivity index (χ1n) is 10.7. The number of thiophene rings is 1. The van der Waals surface area contributed by atoms with Crippen LogP contribution in [-0.4, -0.2) is 17.6 Å². The van der Waals surface area contributed by atoms with Crippen molar-refractivity contribution in [1.29, 1.82) is 5.26 Å². The van der Waals surface area contributed by atoms with Gasteiger partial charge in [0.1, 0.15) is 11.1 Å². The molecule has 166 valence electrons. The zero-order valence-corrected chi connectivity index (χ0v) is 19.6. The summed E-state index contributed by atoms with van der Waals surface area (Å²) in [6.07, 6.45) is 7.38. The molecule has 7 heteroatoms. The standard InChI is InChI=1S/C26H23N3O2S2/c27-16-22-21-11-4-5-12-23(21)33-26(22)29-25(31)17-32-20-10-6-9-19(15-20)28-24(30)14-13-18-7-2-1-3-8-18/h1-3,6-10,13-15H,4-5,11-12,17H2,(H,28,30)(H,29,31)/b14-13+. The molecule has 0 saturated carbocycles. The number of hydrogen-bond donors (Lipinski definition) is 2. The number of benzene rings is 2. The van der Waals surface area contributed by atoms with Gasteiger partial charge in [-0.15, -0.1) is 23.1 Å². The van der Waals surface area contributed by atoms with Crippen LogP contribution >= 0.6 is 23.1 Å². The average molecular weight is 474 g/mol. The van der Waals surface area contributed by atoms with Gasteiger partial charge in [-0.3, -0.25) is 9.59 Å². The van der Waals surface area contributed by atoms with Gasteiger partial charge in [0.15, 0.2) is 0 Å². The lowest BCUT2D eigenvalue weighted by Gasteiger charge is -2.09. The van der Waals surface area contributed by atoms with Gasteiger partial charge in [0.05, 0.1) is 11.3 Å². The maximum atomic E-state index is 12.5. The van der Waals surface area contributed by atoms with E-state index in [1.54, 1.807) is 6.08 Å². The highest BCUT2D eigenvalue weighted by atomic mass is 32.2. The fourth-order valence-electron chi connectivity index (χ4n) is 3.67. The van der Waals surface area contributed by atoms with Crippen LogP contribution in [0, 0.1) is 11.3 Å². The molecule has 1 aliphatic carbocycles. The third-order valence-electron chi connectivity index (χ3n) is 5.23. The van der Waals surface area contributed by atoms with E-state index in [2.05, 4.69) is 16.7 Å². The number of thioether (sulfide) groups is 1. The van der Waals surface area contributed by atoms with Gasteiger partial charge < -0.3 is 10.6 Å². The number of nitrogens with zero attached hydrogens (tertiary/aromatic N) is 1.